The van der Waals surface area contributed by atoms with Gasteiger partial charge in [0.05, 0.1) is 0 Å². The Hall–Kier alpha value is -2.40. The van der Waals surface area contributed by atoms with Crippen LogP contribution in [-0.2, 0) is 16.0 Å². The van der Waals surface area contributed by atoms with Gasteiger partial charge in [0.2, 0.25) is 11.8 Å². The SMILES string of the molecule is CN1C(=O)CCc2cc(NC(=O)/C=C/c3cccs3)ccc21. The summed E-state index contributed by atoms with van der Waals surface area (Å²) in [5.74, 6) is -0.0308. The van der Waals surface area contributed by atoms with Gasteiger partial charge in [-0.05, 0) is 47.7 Å². The lowest BCUT2D eigenvalue weighted by Gasteiger charge is -2.26. The average Bonchev–Trinajstić information content (AvgIpc) is 3.02. The lowest BCUT2D eigenvalue weighted by molar-refractivity contribution is -0.118. The van der Waals surface area contributed by atoms with Gasteiger partial charge in [-0.2, -0.15) is 0 Å². The van der Waals surface area contributed by atoms with Crippen LogP contribution in [0, 0.1) is 0 Å². The van der Waals surface area contributed by atoms with E-state index < -0.39 is 0 Å². The fourth-order valence-electron chi connectivity index (χ4n) is 2.46. The molecule has 0 spiro atoms. The van der Waals surface area contributed by atoms with E-state index in [4.69, 9.17) is 0 Å². The molecule has 0 fully saturated rings. The summed E-state index contributed by atoms with van der Waals surface area (Å²) in [6, 6.07) is 9.55. The van der Waals surface area contributed by atoms with E-state index in [-0.39, 0.29) is 11.8 Å². The number of rotatable bonds is 3. The molecule has 3 rings (SSSR count). The van der Waals surface area contributed by atoms with Gasteiger partial charge in [-0.15, -0.1) is 11.3 Å². The molecule has 1 aromatic carbocycles. The summed E-state index contributed by atoms with van der Waals surface area (Å²) in [5.41, 5.74) is 2.76. The van der Waals surface area contributed by atoms with Crippen molar-refractivity contribution >= 4 is 40.6 Å². The lowest BCUT2D eigenvalue weighted by Crippen LogP contribution is -2.31. The molecule has 4 nitrogen and oxygen atoms in total. The van der Waals surface area contributed by atoms with Crippen LogP contribution in [-0.4, -0.2) is 18.9 Å². The van der Waals surface area contributed by atoms with Crippen LogP contribution in [0.2, 0.25) is 0 Å². The first-order valence-electron chi connectivity index (χ1n) is 7.05. The predicted octanol–water partition coefficient (Wildman–Crippen LogP) is 3.31. The van der Waals surface area contributed by atoms with E-state index in [0.717, 1.165) is 21.8 Å². The van der Waals surface area contributed by atoms with Crippen LogP contribution in [0.3, 0.4) is 0 Å². The minimum Gasteiger partial charge on any atom is -0.323 e. The predicted molar refractivity (Wildman–Crippen MR) is 90.2 cm³/mol. The van der Waals surface area contributed by atoms with Crippen molar-refractivity contribution < 1.29 is 9.59 Å². The number of thiophene rings is 1. The van der Waals surface area contributed by atoms with Crippen LogP contribution < -0.4 is 10.2 Å². The van der Waals surface area contributed by atoms with Gasteiger partial charge < -0.3 is 10.2 Å². The zero-order valence-electron chi connectivity index (χ0n) is 12.2. The third kappa shape index (κ3) is 3.09. The van der Waals surface area contributed by atoms with Gasteiger partial charge in [-0.3, -0.25) is 9.59 Å². The molecule has 22 heavy (non-hydrogen) atoms. The van der Waals surface area contributed by atoms with Crippen molar-refractivity contribution in [1.29, 1.82) is 0 Å². The van der Waals surface area contributed by atoms with Crippen molar-refractivity contribution in [2.24, 2.45) is 0 Å². The number of nitrogens with one attached hydrogen (secondary N) is 1. The maximum absolute atomic E-state index is 11.9. The number of anilines is 2. The molecule has 1 N–H and O–H groups in total. The fraction of sp³-hybridized carbons (Fsp3) is 0.176. The van der Waals surface area contributed by atoms with E-state index in [0.29, 0.717) is 12.8 Å². The molecule has 0 atom stereocenters. The lowest BCUT2D eigenvalue weighted by atomic mass is 10.0. The summed E-state index contributed by atoms with van der Waals surface area (Å²) in [4.78, 5) is 26.3. The molecule has 0 radical (unpaired) electrons. The van der Waals surface area contributed by atoms with Crippen LogP contribution in [0.5, 0.6) is 0 Å². The minimum atomic E-state index is -0.159. The van der Waals surface area contributed by atoms with Crippen molar-refractivity contribution in [2.75, 3.05) is 17.3 Å². The standard InChI is InChI=1S/C17H16N2O2S/c1-19-15-7-5-13(11-12(15)4-9-17(19)21)18-16(20)8-6-14-3-2-10-22-14/h2-3,5-8,10-11H,4,9H2,1H3,(H,18,20)/b8-6+. The minimum absolute atomic E-state index is 0.128. The molecule has 0 bridgehead atoms. The summed E-state index contributed by atoms with van der Waals surface area (Å²) in [6.45, 7) is 0. The van der Waals surface area contributed by atoms with E-state index in [1.165, 1.54) is 6.08 Å². The topological polar surface area (TPSA) is 49.4 Å². The number of fused-ring (bicyclic) bond motifs is 1. The van der Waals surface area contributed by atoms with Crippen molar-refractivity contribution in [3.05, 3.63) is 52.2 Å². The van der Waals surface area contributed by atoms with Crippen molar-refractivity contribution in [3.63, 3.8) is 0 Å². The largest absolute Gasteiger partial charge is 0.323 e. The van der Waals surface area contributed by atoms with Gasteiger partial charge in [0.15, 0.2) is 0 Å². The number of carbonyl (C=O) groups is 2. The Kier molecular flexibility index (Phi) is 4.06. The van der Waals surface area contributed by atoms with Crippen LogP contribution in [0.1, 0.15) is 16.9 Å². The number of benzene rings is 1. The molecule has 2 aromatic rings. The molecular weight excluding hydrogens is 296 g/mol. The Morgan fingerprint density at radius 3 is 2.95 bits per heavy atom. The maximum atomic E-state index is 11.9. The van der Waals surface area contributed by atoms with E-state index in [2.05, 4.69) is 5.32 Å². The molecular formula is C17H16N2O2S. The van der Waals surface area contributed by atoms with E-state index in [1.807, 2.05) is 35.7 Å². The van der Waals surface area contributed by atoms with Gasteiger partial charge in [0.25, 0.3) is 0 Å². The normalized spacial score (nSPS) is 14.2. The fourth-order valence-corrected chi connectivity index (χ4v) is 3.08. The van der Waals surface area contributed by atoms with Crippen LogP contribution in [0.4, 0.5) is 11.4 Å². The summed E-state index contributed by atoms with van der Waals surface area (Å²) >= 11 is 1.59. The Morgan fingerprint density at radius 2 is 2.18 bits per heavy atom. The second kappa shape index (κ2) is 6.15. The third-order valence-electron chi connectivity index (χ3n) is 3.63. The van der Waals surface area contributed by atoms with Gasteiger partial charge in [-0.1, -0.05) is 6.07 Å². The quantitative estimate of drug-likeness (QED) is 0.884. The second-order valence-corrected chi connectivity index (χ2v) is 6.11. The second-order valence-electron chi connectivity index (χ2n) is 5.13. The highest BCUT2D eigenvalue weighted by Crippen LogP contribution is 2.29. The Morgan fingerprint density at radius 1 is 1.32 bits per heavy atom. The number of aryl methyl sites for hydroxylation is 1. The highest BCUT2D eigenvalue weighted by molar-refractivity contribution is 7.10. The molecule has 2 heterocycles. The van der Waals surface area contributed by atoms with Crippen molar-refractivity contribution in [1.82, 2.24) is 0 Å². The van der Waals surface area contributed by atoms with Crippen LogP contribution in [0.15, 0.2) is 41.8 Å². The summed E-state index contributed by atoms with van der Waals surface area (Å²) in [6.07, 6.45) is 4.55. The zero-order valence-corrected chi connectivity index (χ0v) is 13.0. The zero-order chi connectivity index (χ0) is 15.5. The molecule has 112 valence electrons. The average molecular weight is 312 g/mol. The number of nitrogens with zero attached hydrogens (tertiary/aromatic N) is 1. The highest BCUT2D eigenvalue weighted by Gasteiger charge is 2.20. The number of amides is 2. The summed E-state index contributed by atoms with van der Waals surface area (Å²) < 4.78 is 0. The van der Waals surface area contributed by atoms with E-state index in [9.17, 15) is 9.59 Å². The Labute approximate surface area is 133 Å². The first-order chi connectivity index (χ1) is 10.6. The maximum Gasteiger partial charge on any atom is 0.248 e. The summed E-state index contributed by atoms with van der Waals surface area (Å²) in [7, 11) is 1.78. The van der Waals surface area contributed by atoms with Crippen molar-refractivity contribution in [2.45, 2.75) is 12.8 Å². The molecule has 2 amide bonds. The molecule has 0 saturated heterocycles. The molecule has 1 aromatic heterocycles. The van der Waals surface area contributed by atoms with E-state index in [1.54, 1.807) is 29.4 Å². The first-order valence-corrected chi connectivity index (χ1v) is 7.93. The van der Waals surface area contributed by atoms with Gasteiger partial charge >= 0.3 is 0 Å². The first kappa shape index (κ1) is 14.5. The molecule has 1 aliphatic rings. The summed E-state index contributed by atoms with van der Waals surface area (Å²) in [5, 5.41) is 4.83. The van der Waals surface area contributed by atoms with Gasteiger partial charge in [0, 0.05) is 35.8 Å². The molecule has 0 saturated carbocycles. The molecule has 0 aliphatic carbocycles. The highest BCUT2D eigenvalue weighted by atomic mass is 32.1. The number of hydrogen-bond donors (Lipinski definition) is 1. The van der Waals surface area contributed by atoms with Crippen LogP contribution >= 0.6 is 11.3 Å². The van der Waals surface area contributed by atoms with Crippen LogP contribution in [0.25, 0.3) is 6.08 Å². The third-order valence-corrected chi connectivity index (χ3v) is 4.47. The Bertz CT molecular complexity index is 735. The monoisotopic (exact) mass is 312 g/mol. The van der Waals surface area contributed by atoms with Crippen molar-refractivity contribution in [3.8, 4) is 0 Å². The number of hydrogen-bond acceptors (Lipinski definition) is 3. The smallest absolute Gasteiger partial charge is 0.248 e. The molecule has 5 heteroatoms. The molecule has 1 aliphatic heterocycles. The van der Waals surface area contributed by atoms with Gasteiger partial charge in [0.1, 0.15) is 0 Å². The van der Waals surface area contributed by atoms with Gasteiger partial charge in [-0.25, -0.2) is 0 Å². The van der Waals surface area contributed by atoms with E-state index >= 15 is 0 Å². The Balaban J connectivity index is 1.71. The molecule has 0 unspecified atom stereocenters. The number of carbonyl (C=O) groups excluding carboxylic acids is 2.